The van der Waals surface area contributed by atoms with Crippen molar-refractivity contribution in [1.29, 1.82) is 0 Å². The molecule has 0 fully saturated rings. The third-order valence-electron chi connectivity index (χ3n) is 5.42. The van der Waals surface area contributed by atoms with Crippen molar-refractivity contribution in [2.75, 3.05) is 11.9 Å². The molecule has 5 nitrogen and oxygen atoms in total. The van der Waals surface area contributed by atoms with Crippen molar-refractivity contribution in [3.8, 4) is 5.75 Å². The van der Waals surface area contributed by atoms with Gasteiger partial charge in [-0.15, -0.1) is 13.2 Å². The summed E-state index contributed by atoms with van der Waals surface area (Å²) in [6.07, 6.45) is -4.13. The van der Waals surface area contributed by atoms with Crippen LogP contribution in [0.1, 0.15) is 18.1 Å². The molecule has 1 heterocycles. The van der Waals surface area contributed by atoms with E-state index < -0.39 is 17.8 Å². The monoisotopic (exact) mass is 487 g/mol. The van der Waals surface area contributed by atoms with E-state index in [4.69, 9.17) is 11.6 Å². The molecule has 0 bridgehead atoms. The maximum Gasteiger partial charge on any atom is 0.573 e. The van der Waals surface area contributed by atoms with Crippen molar-refractivity contribution < 1.29 is 22.7 Å². The Bertz CT molecular complexity index is 1180. The first kappa shape index (κ1) is 23.6. The molecule has 2 amide bonds. The van der Waals surface area contributed by atoms with Gasteiger partial charge >= 0.3 is 12.4 Å². The molecule has 1 aliphatic rings. The lowest BCUT2D eigenvalue weighted by Crippen LogP contribution is -2.37. The van der Waals surface area contributed by atoms with Crippen molar-refractivity contribution in [3.63, 3.8) is 0 Å². The summed E-state index contributed by atoms with van der Waals surface area (Å²) in [4.78, 5) is 13.0. The summed E-state index contributed by atoms with van der Waals surface area (Å²) in [5, 5.41) is 9.24. The molecule has 3 aromatic rings. The summed E-state index contributed by atoms with van der Waals surface area (Å²) in [7, 11) is 0. The molecule has 0 aliphatic carbocycles. The van der Waals surface area contributed by atoms with Crippen LogP contribution < -0.4 is 10.1 Å². The molecule has 9 heteroatoms. The quantitative estimate of drug-likeness (QED) is 0.433. The number of alkyl halides is 3. The summed E-state index contributed by atoms with van der Waals surface area (Å²) in [5.74, 6) is -0.370. The van der Waals surface area contributed by atoms with E-state index in [1.807, 2.05) is 49.4 Å². The van der Waals surface area contributed by atoms with Crippen molar-refractivity contribution in [3.05, 3.63) is 95.0 Å². The van der Waals surface area contributed by atoms with Gasteiger partial charge in [-0.05, 0) is 53.9 Å². The van der Waals surface area contributed by atoms with Crippen LogP contribution in [0, 0.1) is 5.41 Å². The Kier molecular flexibility index (Phi) is 6.52. The third-order valence-corrected chi connectivity index (χ3v) is 5.67. The first-order valence-corrected chi connectivity index (χ1v) is 10.8. The van der Waals surface area contributed by atoms with Crippen LogP contribution >= 0.6 is 11.6 Å². The summed E-state index contributed by atoms with van der Waals surface area (Å²) >= 11 is 6.05. The molecule has 3 aromatic carbocycles. The fourth-order valence-electron chi connectivity index (χ4n) is 3.93. The highest BCUT2D eigenvalue weighted by Crippen LogP contribution is 2.35. The minimum Gasteiger partial charge on any atom is -0.406 e. The van der Waals surface area contributed by atoms with Crippen LogP contribution in [0.25, 0.3) is 0 Å². The molecular formula is C25H21ClF3N3O2. The smallest absolute Gasteiger partial charge is 0.406 e. The van der Waals surface area contributed by atoms with Crippen molar-refractivity contribution in [2.24, 2.45) is 10.5 Å². The predicted octanol–water partition coefficient (Wildman–Crippen LogP) is 6.74. The number of hydrogen-bond donors (Lipinski definition) is 1. The first-order chi connectivity index (χ1) is 16.1. The van der Waals surface area contributed by atoms with E-state index >= 15 is 0 Å². The lowest BCUT2D eigenvalue weighted by Gasteiger charge is -2.26. The normalized spacial score (nSPS) is 17.9. The molecule has 1 atom stereocenters. The van der Waals surface area contributed by atoms with Gasteiger partial charge in [0.1, 0.15) is 5.75 Å². The van der Waals surface area contributed by atoms with Crippen LogP contribution in [-0.4, -0.2) is 29.7 Å². The lowest BCUT2D eigenvalue weighted by molar-refractivity contribution is -0.274. The number of anilines is 1. The Balaban J connectivity index is 1.55. The Labute approximate surface area is 199 Å². The highest BCUT2D eigenvalue weighted by atomic mass is 35.5. The summed E-state index contributed by atoms with van der Waals surface area (Å²) in [5.41, 5.74) is 2.55. The van der Waals surface area contributed by atoms with Gasteiger partial charge in [0.25, 0.3) is 0 Å². The van der Waals surface area contributed by atoms with E-state index in [0.29, 0.717) is 23.7 Å². The molecule has 1 unspecified atom stereocenters. The Morgan fingerprint density at radius 3 is 2.32 bits per heavy atom. The van der Waals surface area contributed by atoms with Crippen molar-refractivity contribution in [1.82, 2.24) is 5.01 Å². The average molecular weight is 488 g/mol. The summed E-state index contributed by atoms with van der Waals surface area (Å²) in [6.45, 7) is 2.37. The van der Waals surface area contributed by atoms with Crippen LogP contribution in [0.5, 0.6) is 5.75 Å². The zero-order valence-electron chi connectivity index (χ0n) is 18.1. The highest BCUT2D eigenvalue weighted by molar-refractivity contribution is 6.30. The van der Waals surface area contributed by atoms with Crippen LogP contribution in [0.3, 0.4) is 0 Å². The molecule has 4 rings (SSSR count). The summed E-state index contributed by atoms with van der Waals surface area (Å²) in [6, 6.07) is 21.6. The third kappa shape index (κ3) is 5.69. The number of nitrogens with zero attached hydrogens (tertiary/aromatic N) is 2. The fraction of sp³-hybridized carbons (Fsp3) is 0.200. The minimum absolute atomic E-state index is 0.319. The van der Waals surface area contributed by atoms with Crippen LogP contribution in [0.15, 0.2) is 84.0 Å². The second kappa shape index (κ2) is 9.38. The van der Waals surface area contributed by atoms with Gasteiger partial charge in [0, 0.05) is 16.1 Å². The van der Waals surface area contributed by atoms with E-state index in [-0.39, 0.29) is 5.75 Å². The van der Waals surface area contributed by atoms with Gasteiger partial charge < -0.3 is 10.1 Å². The Hall–Kier alpha value is -3.52. The standard InChI is InChI=1S/C25H21ClF3N3O2/c1-24(15-17-5-3-2-4-6-17)16-32(31-22(24)18-7-9-19(26)10-8-18)23(33)30-20-11-13-21(14-12-20)34-25(27,28)29/h2-14H,15-16H2,1H3,(H,30,33). The lowest BCUT2D eigenvalue weighted by atomic mass is 9.77. The van der Waals surface area contributed by atoms with E-state index in [2.05, 4.69) is 15.2 Å². The number of hydrogen-bond acceptors (Lipinski definition) is 3. The number of amides is 2. The molecule has 1 aliphatic heterocycles. The molecule has 0 spiro atoms. The molecule has 0 saturated heterocycles. The van der Waals surface area contributed by atoms with E-state index in [1.165, 1.54) is 17.1 Å². The second-order valence-corrected chi connectivity index (χ2v) is 8.67. The molecular weight excluding hydrogens is 467 g/mol. The number of halogens is 4. The number of carbonyl (C=O) groups excluding carboxylic acids is 1. The zero-order valence-corrected chi connectivity index (χ0v) is 18.9. The number of hydrazone groups is 1. The maximum absolute atomic E-state index is 13.0. The molecule has 1 N–H and O–H groups in total. The topological polar surface area (TPSA) is 53.9 Å². The van der Waals surface area contributed by atoms with Crippen molar-refractivity contribution in [2.45, 2.75) is 19.7 Å². The average Bonchev–Trinajstić information content (AvgIpc) is 3.12. The summed E-state index contributed by atoms with van der Waals surface area (Å²) < 4.78 is 41.0. The van der Waals surface area contributed by atoms with Gasteiger partial charge in [-0.3, -0.25) is 0 Å². The van der Waals surface area contributed by atoms with Crippen LogP contribution in [0.4, 0.5) is 23.7 Å². The molecule has 176 valence electrons. The molecule has 0 aromatic heterocycles. The van der Waals surface area contributed by atoms with Crippen molar-refractivity contribution >= 4 is 29.0 Å². The van der Waals surface area contributed by atoms with Gasteiger partial charge in [-0.1, -0.05) is 61.0 Å². The minimum atomic E-state index is -4.78. The number of carbonyl (C=O) groups is 1. The largest absolute Gasteiger partial charge is 0.573 e. The van der Waals surface area contributed by atoms with Gasteiger partial charge in [-0.25, -0.2) is 9.80 Å². The van der Waals surface area contributed by atoms with Gasteiger partial charge in [-0.2, -0.15) is 5.10 Å². The van der Waals surface area contributed by atoms with Gasteiger partial charge in [0.15, 0.2) is 0 Å². The molecule has 0 saturated carbocycles. The highest BCUT2D eigenvalue weighted by Gasteiger charge is 2.41. The fourth-order valence-corrected chi connectivity index (χ4v) is 4.05. The van der Waals surface area contributed by atoms with E-state index in [9.17, 15) is 18.0 Å². The Morgan fingerprint density at radius 1 is 1.06 bits per heavy atom. The predicted molar refractivity (Wildman–Crippen MR) is 125 cm³/mol. The molecule has 34 heavy (non-hydrogen) atoms. The zero-order chi connectivity index (χ0) is 24.3. The maximum atomic E-state index is 13.0. The number of benzene rings is 3. The first-order valence-electron chi connectivity index (χ1n) is 10.4. The van der Waals surface area contributed by atoms with Crippen LogP contribution in [-0.2, 0) is 6.42 Å². The Morgan fingerprint density at radius 2 is 1.71 bits per heavy atom. The number of ether oxygens (including phenoxy) is 1. The molecule has 0 radical (unpaired) electrons. The van der Waals surface area contributed by atoms with Crippen LogP contribution in [0.2, 0.25) is 5.02 Å². The number of nitrogens with one attached hydrogen (secondary N) is 1. The van der Waals surface area contributed by atoms with E-state index in [1.54, 1.807) is 12.1 Å². The van der Waals surface area contributed by atoms with E-state index in [0.717, 1.165) is 29.0 Å². The number of urea groups is 1. The SMILES string of the molecule is CC1(Cc2ccccc2)CN(C(=O)Nc2ccc(OC(F)(F)F)cc2)N=C1c1ccc(Cl)cc1. The van der Waals surface area contributed by atoms with Gasteiger partial charge in [0.2, 0.25) is 0 Å². The number of rotatable bonds is 5. The van der Waals surface area contributed by atoms with Gasteiger partial charge in [0.05, 0.1) is 12.3 Å². The second-order valence-electron chi connectivity index (χ2n) is 8.24.